The molecule has 2 aromatic rings. The zero-order valence-corrected chi connectivity index (χ0v) is 14.3. The molecule has 0 heterocycles. The van der Waals surface area contributed by atoms with Crippen molar-refractivity contribution in [1.82, 2.24) is 4.90 Å². The second-order valence-electron chi connectivity index (χ2n) is 5.64. The average Bonchev–Trinajstić information content (AvgIpc) is 2.56. The van der Waals surface area contributed by atoms with E-state index in [4.69, 9.17) is 9.47 Å². The van der Waals surface area contributed by atoms with Crippen LogP contribution in [0.4, 0.5) is 0 Å². The van der Waals surface area contributed by atoms with E-state index in [2.05, 4.69) is 0 Å². The summed E-state index contributed by atoms with van der Waals surface area (Å²) in [5.41, 5.74) is 3.93. The fourth-order valence-electron chi connectivity index (χ4n) is 2.40. The molecule has 0 bridgehead atoms. The molecule has 0 saturated heterocycles. The van der Waals surface area contributed by atoms with Gasteiger partial charge in [-0.1, -0.05) is 6.07 Å². The number of carbonyl (C=O) groups is 1. The van der Waals surface area contributed by atoms with Gasteiger partial charge in [0, 0.05) is 30.8 Å². The molecule has 23 heavy (non-hydrogen) atoms. The molecule has 2 rings (SSSR count). The molecule has 0 saturated carbocycles. The van der Waals surface area contributed by atoms with Crippen LogP contribution in [0.25, 0.3) is 0 Å². The molecule has 0 atom stereocenters. The maximum Gasteiger partial charge on any atom is 0.253 e. The summed E-state index contributed by atoms with van der Waals surface area (Å²) in [5.74, 6) is 1.43. The molecular formula is C19H23NO3. The number of hydrogen-bond donors (Lipinski definition) is 0. The van der Waals surface area contributed by atoms with Crippen molar-refractivity contribution >= 4 is 5.91 Å². The Kier molecular flexibility index (Phi) is 5.27. The molecule has 0 unspecified atom stereocenters. The summed E-state index contributed by atoms with van der Waals surface area (Å²) in [6.07, 6.45) is 0. The van der Waals surface area contributed by atoms with Gasteiger partial charge < -0.3 is 14.4 Å². The van der Waals surface area contributed by atoms with Gasteiger partial charge in [-0.15, -0.1) is 0 Å². The molecule has 122 valence electrons. The molecule has 0 radical (unpaired) electrons. The maximum atomic E-state index is 12.6. The van der Waals surface area contributed by atoms with E-state index >= 15 is 0 Å². The monoisotopic (exact) mass is 313 g/mol. The third kappa shape index (κ3) is 3.83. The molecular weight excluding hydrogens is 290 g/mol. The van der Waals surface area contributed by atoms with Crippen LogP contribution in [0.2, 0.25) is 0 Å². The van der Waals surface area contributed by atoms with Crippen molar-refractivity contribution in [2.24, 2.45) is 0 Å². The van der Waals surface area contributed by atoms with Crippen LogP contribution in [-0.2, 0) is 6.54 Å². The van der Waals surface area contributed by atoms with Crippen molar-refractivity contribution in [3.63, 3.8) is 0 Å². The van der Waals surface area contributed by atoms with Gasteiger partial charge >= 0.3 is 0 Å². The largest absolute Gasteiger partial charge is 0.497 e. The van der Waals surface area contributed by atoms with Crippen LogP contribution >= 0.6 is 0 Å². The zero-order chi connectivity index (χ0) is 17.0. The number of rotatable bonds is 5. The summed E-state index contributed by atoms with van der Waals surface area (Å²) in [4.78, 5) is 14.3. The highest BCUT2D eigenvalue weighted by atomic mass is 16.5. The Morgan fingerprint density at radius 3 is 2.35 bits per heavy atom. The van der Waals surface area contributed by atoms with Crippen molar-refractivity contribution in [1.29, 1.82) is 0 Å². The molecule has 0 aliphatic heterocycles. The molecule has 2 aromatic carbocycles. The highest BCUT2D eigenvalue weighted by Crippen LogP contribution is 2.26. The van der Waals surface area contributed by atoms with Crippen LogP contribution in [0, 0.1) is 13.8 Å². The van der Waals surface area contributed by atoms with E-state index in [0.29, 0.717) is 17.9 Å². The van der Waals surface area contributed by atoms with E-state index in [1.54, 1.807) is 26.2 Å². The summed E-state index contributed by atoms with van der Waals surface area (Å²) in [5, 5.41) is 0. The Balaban J connectivity index is 2.19. The number of aryl methyl sites for hydroxylation is 2. The predicted molar refractivity (Wildman–Crippen MR) is 91.3 cm³/mol. The van der Waals surface area contributed by atoms with Gasteiger partial charge in [0.25, 0.3) is 5.91 Å². The van der Waals surface area contributed by atoms with Crippen molar-refractivity contribution in [2.75, 3.05) is 21.3 Å². The first-order chi connectivity index (χ1) is 11.0. The average molecular weight is 313 g/mol. The second kappa shape index (κ2) is 7.18. The quantitative estimate of drug-likeness (QED) is 0.846. The lowest BCUT2D eigenvalue weighted by Crippen LogP contribution is -2.26. The summed E-state index contributed by atoms with van der Waals surface area (Å²) in [6.45, 7) is 4.52. The van der Waals surface area contributed by atoms with Gasteiger partial charge in [-0.25, -0.2) is 0 Å². The van der Waals surface area contributed by atoms with Crippen molar-refractivity contribution in [3.05, 3.63) is 58.7 Å². The number of carbonyl (C=O) groups excluding carboxylic acids is 1. The van der Waals surface area contributed by atoms with E-state index in [-0.39, 0.29) is 5.91 Å². The molecule has 0 fully saturated rings. The molecule has 0 aliphatic carbocycles. The Labute approximate surface area is 137 Å². The van der Waals surface area contributed by atoms with E-state index in [0.717, 1.165) is 16.9 Å². The van der Waals surface area contributed by atoms with Gasteiger partial charge in [-0.2, -0.15) is 0 Å². The molecule has 0 spiro atoms. The highest BCUT2D eigenvalue weighted by Gasteiger charge is 2.15. The smallest absolute Gasteiger partial charge is 0.253 e. The molecule has 0 aliphatic rings. The minimum absolute atomic E-state index is 0.00836. The number of methoxy groups -OCH3 is 2. The second-order valence-corrected chi connectivity index (χ2v) is 5.64. The lowest BCUT2D eigenvalue weighted by molar-refractivity contribution is 0.0784. The number of amides is 1. The standard InChI is InChI=1S/C19H23NO3/c1-13-6-7-15(10-14(13)2)19(21)20(3)12-16-8-9-17(22-4)11-18(16)23-5/h6-11H,12H2,1-5H3. The van der Waals surface area contributed by atoms with Gasteiger partial charge in [0.1, 0.15) is 11.5 Å². The van der Waals surface area contributed by atoms with Crippen LogP contribution in [-0.4, -0.2) is 32.1 Å². The Hall–Kier alpha value is -2.49. The van der Waals surface area contributed by atoms with E-state index < -0.39 is 0 Å². The van der Waals surface area contributed by atoms with Gasteiger partial charge in [0.15, 0.2) is 0 Å². The van der Waals surface area contributed by atoms with E-state index in [1.807, 2.05) is 50.2 Å². The first-order valence-electron chi connectivity index (χ1n) is 7.50. The van der Waals surface area contributed by atoms with E-state index in [9.17, 15) is 4.79 Å². The van der Waals surface area contributed by atoms with Crippen LogP contribution < -0.4 is 9.47 Å². The summed E-state index contributed by atoms with van der Waals surface area (Å²) < 4.78 is 10.6. The third-order valence-electron chi connectivity index (χ3n) is 4.00. The van der Waals surface area contributed by atoms with Gasteiger partial charge in [-0.05, 0) is 49.2 Å². The summed E-state index contributed by atoms with van der Waals surface area (Å²) in [6, 6.07) is 11.4. The Morgan fingerprint density at radius 1 is 1.00 bits per heavy atom. The van der Waals surface area contributed by atoms with Crippen molar-refractivity contribution in [3.8, 4) is 11.5 Å². The summed E-state index contributed by atoms with van der Waals surface area (Å²) >= 11 is 0. The number of hydrogen-bond acceptors (Lipinski definition) is 3. The Morgan fingerprint density at radius 2 is 1.74 bits per heavy atom. The van der Waals surface area contributed by atoms with Crippen LogP contribution in [0.5, 0.6) is 11.5 Å². The van der Waals surface area contributed by atoms with Gasteiger partial charge in [-0.3, -0.25) is 4.79 Å². The highest BCUT2D eigenvalue weighted by molar-refractivity contribution is 5.94. The van der Waals surface area contributed by atoms with Crippen molar-refractivity contribution in [2.45, 2.75) is 20.4 Å². The van der Waals surface area contributed by atoms with Gasteiger partial charge in [0.2, 0.25) is 0 Å². The normalized spacial score (nSPS) is 10.3. The zero-order valence-electron chi connectivity index (χ0n) is 14.3. The Bertz CT molecular complexity index is 710. The van der Waals surface area contributed by atoms with Crippen LogP contribution in [0.15, 0.2) is 36.4 Å². The molecule has 4 nitrogen and oxygen atoms in total. The minimum atomic E-state index is -0.00836. The SMILES string of the molecule is COc1ccc(CN(C)C(=O)c2ccc(C)c(C)c2)c(OC)c1. The molecule has 1 amide bonds. The lowest BCUT2D eigenvalue weighted by Gasteiger charge is -2.20. The maximum absolute atomic E-state index is 12.6. The molecule has 0 N–H and O–H groups in total. The van der Waals surface area contributed by atoms with Crippen LogP contribution in [0.1, 0.15) is 27.0 Å². The minimum Gasteiger partial charge on any atom is -0.497 e. The number of nitrogens with zero attached hydrogens (tertiary/aromatic N) is 1. The first kappa shape index (κ1) is 16.9. The van der Waals surface area contributed by atoms with Crippen LogP contribution in [0.3, 0.4) is 0 Å². The fourth-order valence-corrected chi connectivity index (χ4v) is 2.40. The number of benzene rings is 2. The third-order valence-corrected chi connectivity index (χ3v) is 4.00. The number of ether oxygens (including phenoxy) is 2. The van der Waals surface area contributed by atoms with Crippen molar-refractivity contribution < 1.29 is 14.3 Å². The molecule has 0 aromatic heterocycles. The molecule has 4 heteroatoms. The topological polar surface area (TPSA) is 38.8 Å². The van der Waals surface area contributed by atoms with E-state index in [1.165, 1.54) is 5.56 Å². The summed E-state index contributed by atoms with van der Waals surface area (Å²) in [7, 11) is 5.02. The first-order valence-corrected chi connectivity index (χ1v) is 7.50. The van der Waals surface area contributed by atoms with Gasteiger partial charge in [0.05, 0.1) is 14.2 Å². The lowest BCUT2D eigenvalue weighted by atomic mass is 10.1. The predicted octanol–water partition coefficient (Wildman–Crippen LogP) is 3.59. The fraction of sp³-hybridized carbons (Fsp3) is 0.316.